The first-order valence-corrected chi connectivity index (χ1v) is 7.90. The molecule has 0 amide bonds. The lowest BCUT2D eigenvalue weighted by Crippen LogP contribution is -2.11. The van der Waals surface area contributed by atoms with Crippen LogP contribution in [0.3, 0.4) is 0 Å². The molecular weight excluding hydrogens is 303 g/mol. The van der Waals surface area contributed by atoms with Crippen molar-refractivity contribution in [3.05, 3.63) is 64.9 Å². The molecule has 0 saturated carbocycles. The third-order valence-corrected chi connectivity index (χ3v) is 4.22. The van der Waals surface area contributed by atoms with Gasteiger partial charge in [-0.1, -0.05) is 48.0 Å². The first-order chi connectivity index (χ1) is 10.2. The third kappa shape index (κ3) is 2.66. The summed E-state index contributed by atoms with van der Waals surface area (Å²) >= 11 is 12.4. The number of aromatic nitrogens is 2. The first kappa shape index (κ1) is 14.4. The van der Waals surface area contributed by atoms with Crippen molar-refractivity contribution in [1.82, 2.24) is 9.55 Å². The molecule has 4 heteroatoms. The Hall–Kier alpha value is -1.51. The fraction of sp³-hybridized carbons (Fsp3) is 0.235. The van der Waals surface area contributed by atoms with Gasteiger partial charge >= 0.3 is 0 Å². The lowest BCUT2D eigenvalue weighted by Gasteiger charge is -2.18. The van der Waals surface area contributed by atoms with E-state index in [0.717, 1.165) is 28.3 Å². The van der Waals surface area contributed by atoms with Crippen LogP contribution in [0.15, 0.2) is 48.5 Å². The summed E-state index contributed by atoms with van der Waals surface area (Å²) in [4.78, 5) is 4.70. The molecule has 0 aliphatic heterocycles. The van der Waals surface area contributed by atoms with Gasteiger partial charge in [0.05, 0.1) is 22.1 Å². The van der Waals surface area contributed by atoms with E-state index in [1.165, 1.54) is 5.56 Å². The summed E-state index contributed by atoms with van der Waals surface area (Å²) in [6.07, 6.45) is 0.726. The van der Waals surface area contributed by atoms with Crippen molar-refractivity contribution < 1.29 is 0 Å². The zero-order chi connectivity index (χ0) is 14.8. The van der Waals surface area contributed by atoms with Crippen LogP contribution in [0.1, 0.15) is 24.4 Å². The Balaban J connectivity index is 2.21. The molecule has 0 aliphatic carbocycles. The maximum absolute atomic E-state index is 6.41. The zero-order valence-corrected chi connectivity index (χ0v) is 13.3. The van der Waals surface area contributed by atoms with E-state index in [0.29, 0.717) is 5.88 Å². The summed E-state index contributed by atoms with van der Waals surface area (Å²) < 4.78 is 2.20. The minimum Gasteiger partial charge on any atom is -0.319 e. The van der Waals surface area contributed by atoms with Gasteiger partial charge in [-0.3, -0.25) is 0 Å². The number of para-hydroxylation sites is 1. The summed E-state index contributed by atoms with van der Waals surface area (Å²) in [6.45, 7) is 2.16. The normalized spacial score (nSPS) is 12.7. The van der Waals surface area contributed by atoms with E-state index in [2.05, 4.69) is 23.6 Å². The smallest absolute Gasteiger partial charge is 0.111 e. The van der Waals surface area contributed by atoms with E-state index < -0.39 is 0 Å². The van der Waals surface area contributed by atoms with Crippen molar-refractivity contribution in [1.29, 1.82) is 0 Å². The monoisotopic (exact) mass is 318 g/mol. The van der Waals surface area contributed by atoms with Crippen molar-refractivity contribution in [2.75, 3.05) is 5.88 Å². The van der Waals surface area contributed by atoms with Crippen molar-refractivity contribution in [3.8, 4) is 0 Å². The molecule has 0 fully saturated rings. The van der Waals surface area contributed by atoms with E-state index in [1.54, 1.807) is 0 Å². The number of nitrogens with zero attached hydrogens (tertiary/aromatic N) is 2. The topological polar surface area (TPSA) is 17.8 Å². The number of hydrogen-bond acceptors (Lipinski definition) is 1. The number of alkyl halides is 1. The SMILES string of the molecule is CC(c1ccccc1)n1c(CCCl)nc2cccc(Cl)c21. The molecular formula is C17H16Cl2N2. The van der Waals surface area contributed by atoms with E-state index >= 15 is 0 Å². The molecule has 0 N–H and O–H groups in total. The lowest BCUT2D eigenvalue weighted by atomic mass is 10.1. The van der Waals surface area contributed by atoms with Crippen LogP contribution in [0, 0.1) is 0 Å². The van der Waals surface area contributed by atoms with E-state index in [9.17, 15) is 0 Å². The Bertz CT molecular complexity index is 750. The van der Waals surface area contributed by atoms with E-state index in [1.807, 2.05) is 36.4 Å². The van der Waals surface area contributed by atoms with Gasteiger partial charge in [0.15, 0.2) is 0 Å². The van der Waals surface area contributed by atoms with Gasteiger partial charge in [-0.2, -0.15) is 0 Å². The van der Waals surface area contributed by atoms with E-state index in [-0.39, 0.29) is 6.04 Å². The molecule has 1 unspecified atom stereocenters. The van der Waals surface area contributed by atoms with Gasteiger partial charge in [-0.25, -0.2) is 4.98 Å². The molecule has 3 aromatic rings. The third-order valence-electron chi connectivity index (χ3n) is 3.72. The average molecular weight is 319 g/mol. The molecule has 0 saturated heterocycles. The van der Waals surface area contributed by atoms with Crippen LogP contribution in [0.5, 0.6) is 0 Å². The van der Waals surface area contributed by atoms with Crippen LogP contribution in [0.25, 0.3) is 11.0 Å². The van der Waals surface area contributed by atoms with Crippen molar-refractivity contribution in [2.24, 2.45) is 0 Å². The zero-order valence-electron chi connectivity index (χ0n) is 11.8. The number of benzene rings is 2. The predicted octanol–water partition coefficient (Wildman–Crippen LogP) is 5.08. The highest BCUT2D eigenvalue weighted by atomic mass is 35.5. The molecule has 0 bridgehead atoms. The second kappa shape index (κ2) is 6.08. The highest BCUT2D eigenvalue weighted by molar-refractivity contribution is 6.35. The van der Waals surface area contributed by atoms with Crippen molar-refractivity contribution in [2.45, 2.75) is 19.4 Å². The van der Waals surface area contributed by atoms with Gasteiger partial charge in [0.2, 0.25) is 0 Å². The van der Waals surface area contributed by atoms with Crippen LogP contribution < -0.4 is 0 Å². The Morgan fingerprint density at radius 3 is 2.57 bits per heavy atom. The Kier molecular flexibility index (Phi) is 4.18. The van der Waals surface area contributed by atoms with Gasteiger partial charge < -0.3 is 4.57 Å². The number of fused-ring (bicyclic) bond motifs is 1. The van der Waals surface area contributed by atoms with E-state index in [4.69, 9.17) is 28.2 Å². The second-order valence-electron chi connectivity index (χ2n) is 5.03. The number of imidazole rings is 1. The predicted molar refractivity (Wildman–Crippen MR) is 89.4 cm³/mol. The summed E-state index contributed by atoms with van der Waals surface area (Å²) in [6, 6.07) is 16.4. The van der Waals surface area contributed by atoms with Gasteiger partial charge in [-0.05, 0) is 24.6 Å². The second-order valence-corrected chi connectivity index (χ2v) is 5.82. The van der Waals surface area contributed by atoms with Gasteiger partial charge in [-0.15, -0.1) is 11.6 Å². The molecule has 0 radical (unpaired) electrons. The van der Waals surface area contributed by atoms with Gasteiger partial charge in [0.1, 0.15) is 5.82 Å². The Morgan fingerprint density at radius 1 is 1.10 bits per heavy atom. The minimum atomic E-state index is 0.161. The average Bonchev–Trinajstić information content (AvgIpc) is 2.87. The van der Waals surface area contributed by atoms with Crippen molar-refractivity contribution >= 4 is 34.2 Å². The van der Waals surface area contributed by atoms with Gasteiger partial charge in [0, 0.05) is 12.3 Å². The molecule has 0 aliphatic rings. The largest absolute Gasteiger partial charge is 0.319 e. The molecule has 1 atom stereocenters. The molecule has 108 valence electrons. The quantitative estimate of drug-likeness (QED) is 0.613. The molecule has 1 aromatic heterocycles. The maximum atomic E-state index is 6.41. The Labute approximate surface area is 134 Å². The summed E-state index contributed by atoms with van der Waals surface area (Å²) in [7, 11) is 0. The molecule has 1 heterocycles. The fourth-order valence-corrected chi connectivity index (χ4v) is 3.14. The standard InChI is InChI=1S/C17H16Cl2N2/c1-12(13-6-3-2-4-7-13)21-16(10-11-18)20-15-9-5-8-14(19)17(15)21/h2-9,12H,10-11H2,1H3. The Morgan fingerprint density at radius 2 is 1.86 bits per heavy atom. The number of halogens is 2. The minimum absolute atomic E-state index is 0.161. The van der Waals surface area contributed by atoms with Crippen LogP contribution in [-0.4, -0.2) is 15.4 Å². The van der Waals surface area contributed by atoms with Crippen LogP contribution >= 0.6 is 23.2 Å². The number of aryl methyl sites for hydroxylation is 1. The number of hydrogen-bond donors (Lipinski definition) is 0. The first-order valence-electron chi connectivity index (χ1n) is 6.98. The fourth-order valence-electron chi connectivity index (χ4n) is 2.71. The van der Waals surface area contributed by atoms with Crippen LogP contribution in [-0.2, 0) is 6.42 Å². The highest BCUT2D eigenvalue weighted by Gasteiger charge is 2.18. The molecule has 2 aromatic carbocycles. The van der Waals surface area contributed by atoms with Crippen molar-refractivity contribution in [3.63, 3.8) is 0 Å². The molecule has 0 spiro atoms. The molecule has 2 nitrogen and oxygen atoms in total. The molecule has 21 heavy (non-hydrogen) atoms. The lowest BCUT2D eigenvalue weighted by molar-refractivity contribution is 0.624. The number of rotatable bonds is 4. The summed E-state index contributed by atoms with van der Waals surface area (Å²) in [5.41, 5.74) is 3.13. The highest BCUT2D eigenvalue weighted by Crippen LogP contribution is 2.30. The summed E-state index contributed by atoms with van der Waals surface area (Å²) in [5, 5.41) is 0.726. The van der Waals surface area contributed by atoms with Gasteiger partial charge in [0.25, 0.3) is 0 Å². The van der Waals surface area contributed by atoms with Crippen LogP contribution in [0.4, 0.5) is 0 Å². The molecule has 3 rings (SSSR count). The maximum Gasteiger partial charge on any atom is 0.111 e. The van der Waals surface area contributed by atoms with Crippen LogP contribution in [0.2, 0.25) is 5.02 Å². The summed E-state index contributed by atoms with van der Waals surface area (Å²) in [5.74, 6) is 1.52.